The molecule has 0 bridgehead atoms. The summed E-state index contributed by atoms with van der Waals surface area (Å²) in [6.07, 6.45) is 4.37. The van der Waals surface area contributed by atoms with Crippen LogP contribution in [-0.4, -0.2) is 29.7 Å². The van der Waals surface area contributed by atoms with Crippen molar-refractivity contribution in [2.45, 2.75) is 25.7 Å². The molecule has 2 aromatic rings. The van der Waals surface area contributed by atoms with Gasteiger partial charge in [0.1, 0.15) is 11.6 Å². The van der Waals surface area contributed by atoms with E-state index >= 15 is 0 Å². The minimum absolute atomic E-state index is 0.514. The summed E-state index contributed by atoms with van der Waals surface area (Å²) in [5.41, 5.74) is 2.23. The molecule has 0 unspecified atom stereocenters. The smallest absolute Gasteiger partial charge is 0.119 e. The van der Waals surface area contributed by atoms with Crippen molar-refractivity contribution in [3.05, 3.63) is 36.3 Å². The van der Waals surface area contributed by atoms with Gasteiger partial charge in [-0.3, -0.25) is 0 Å². The van der Waals surface area contributed by atoms with E-state index in [1.54, 1.807) is 0 Å². The van der Waals surface area contributed by atoms with Crippen molar-refractivity contribution >= 4 is 0 Å². The maximum Gasteiger partial charge on any atom is 0.119 e. The van der Waals surface area contributed by atoms with Crippen LogP contribution in [0.4, 0.5) is 0 Å². The Morgan fingerprint density at radius 3 is 2.85 bits per heavy atom. The van der Waals surface area contributed by atoms with Crippen molar-refractivity contribution in [2.75, 3.05) is 19.7 Å². The molecule has 0 amide bonds. The minimum atomic E-state index is 0.514. The van der Waals surface area contributed by atoms with Gasteiger partial charge in [-0.15, -0.1) is 0 Å². The van der Waals surface area contributed by atoms with Crippen LogP contribution in [0.15, 0.2) is 30.5 Å². The molecule has 4 nitrogen and oxygen atoms in total. The summed E-state index contributed by atoms with van der Waals surface area (Å²) in [7, 11) is 0. The Hall–Kier alpha value is -1.81. The van der Waals surface area contributed by atoms with Crippen molar-refractivity contribution in [3.8, 4) is 17.0 Å². The molecule has 0 radical (unpaired) electrons. The Bertz CT molecular complexity index is 541. The number of aromatic amines is 1. The monoisotopic (exact) mass is 271 g/mol. The van der Waals surface area contributed by atoms with Crippen LogP contribution in [0.3, 0.4) is 0 Å². The first kappa shape index (κ1) is 13.2. The van der Waals surface area contributed by atoms with Crippen LogP contribution in [0.25, 0.3) is 11.3 Å². The van der Waals surface area contributed by atoms with Gasteiger partial charge in [-0.1, -0.05) is 0 Å². The second-order valence-corrected chi connectivity index (χ2v) is 5.18. The summed E-state index contributed by atoms with van der Waals surface area (Å²) in [6.45, 7) is 4.84. The SMILES string of the molecule is CCOc1ccc(-c2cnc([C@H]3CCCNC3)[nH]2)cc1. The fourth-order valence-corrected chi connectivity index (χ4v) is 2.67. The van der Waals surface area contributed by atoms with Crippen LogP contribution < -0.4 is 10.1 Å². The Kier molecular flexibility index (Phi) is 4.02. The third kappa shape index (κ3) is 2.85. The molecule has 20 heavy (non-hydrogen) atoms. The van der Waals surface area contributed by atoms with Gasteiger partial charge in [0.05, 0.1) is 18.5 Å². The fraction of sp³-hybridized carbons (Fsp3) is 0.438. The number of nitrogens with zero attached hydrogens (tertiary/aromatic N) is 1. The lowest BCUT2D eigenvalue weighted by molar-refractivity contribution is 0.340. The molecule has 2 N–H and O–H groups in total. The van der Waals surface area contributed by atoms with Gasteiger partial charge in [-0.25, -0.2) is 4.98 Å². The number of nitrogens with one attached hydrogen (secondary N) is 2. The van der Waals surface area contributed by atoms with E-state index in [1.807, 2.05) is 25.3 Å². The van der Waals surface area contributed by atoms with Gasteiger partial charge in [-0.2, -0.15) is 0 Å². The average Bonchev–Trinajstić information content (AvgIpc) is 2.99. The molecule has 1 atom stereocenters. The van der Waals surface area contributed by atoms with Gasteiger partial charge in [-0.05, 0) is 56.1 Å². The third-order valence-corrected chi connectivity index (χ3v) is 3.76. The molecule has 1 aromatic carbocycles. The summed E-state index contributed by atoms with van der Waals surface area (Å²) in [6, 6.07) is 8.14. The molecule has 1 aliphatic rings. The Morgan fingerprint density at radius 2 is 2.15 bits per heavy atom. The van der Waals surface area contributed by atoms with Crippen LogP contribution in [0.5, 0.6) is 5.75 Å². The second kappa shape index (κ2) is 6.09. The minimum Gasteiger partial charge on any atom is -0.494 e. The molecule has 1 aliphatic heterocycles. The molecule has 0 spiro atoms. The summed E-state index contributed by atoms with van der Waals surface area (Å²) < 4.78 is 5.46. The molecule has 1 aromatic heterocycles. The van der Waals surface area contributed by atoms with E-state index < -0.39 is 0 Å². The molecular formula is C16H21N3O. The van der Waals surface area contributed by atoms with Crippen molar-refractivity contribution < 1.29 is 4.74 Å². The number of benzene rings is 1. The average molecular weight is 271 g/mol. The summed E-state index contributed by atoms with van der Waals surface area (Å²) in [5, 5.41) is 3.43. The number of aromatic nitrogens is 2. The van der Waals surface area contributed by atoms with Crippen LogP contribution >= 0.6 is 0 Å². The number of piperidine rings is 1. The largest absolute Gasteiger partial charge is 0.494 e. The number of hydrogen-bond acceptors (Lipinski definition) is 3. The molecular weight excluding hydrogens is 250 g/mol. The van der Waals surface area contributed by atoms with E-state index in [0.717, 1.165) is 35.9 Å². The van der Waals surface area contributed by atoms with Crippen LogP contribution in [-0.2, 0) is 0 Å². The zero-order chi connectivity index (χ0) is 13.8. The molecule has 1 saturated heterocycles. The first-order chi connectivity index (χ1) is 9.86. The highest BCUT2D eigenvalue weighted by Gasteiger charge is 2.18. The number of H-pyrrole nitrogens is 1. The van der Waals surface area contributed by atoms with Crippen LogP contribution in [0.2, 0.25) is 0 Å². The zero-order valence-electron chi connectivity index (χ0n) is 11.9. The molecule has 4 heteroatoms. The zero-order valence-corrected chi connectivity index (χ0v) is 11.9. The lowest BCUT2D eigenvalue weighted by atomic mass is 9.99. The highest BCUT2D eigenvalue weighted by atomic mass is 16.5. The van der Waals surface area contributed by atoms with Gasteiger partial charge < -0.3 is 15.0 Å². The maximum atomic E-state index is 5.46. The van der Waals surface area contributed by atoms with E-state index in [4.69, 9.17) is 4.74 Å². The lowest BCUT2D eigenvalue weighted by Gasteiger charge is -2.20. The fourth-order valence-electron chi connectivity index (χ4n) is 2.67. The third-order valence-electron chi connectivity index (χ3n) is 3.76. The van der Waals surface area contributed by atoms with Crippen molar-refractivity contribution in [2.24, 2.45) is 0 Å². The van der Waals surface area contributed by atoms with Crippen LogP contribution in [0.1, 0.15) is 31.5 Å². The van der Waals surface area contributed by atoms with Gasteiger partial charge in [0.25, 0.3) is 0 Å². The number of ether oxygens (including phenoxy) is 1. The predicted molar refractivity (Wildman–Crippen MR) is 80.0 cm³/mol. The highest BCUT2D eigenvalue weighted by molar-refractivity contribution is 5.59. The van der Waals surface area contributed by atoms with Gasteiger partial charge in [0, 0.05) is 12.5 Å². The quantitative estimate of drug-likeness (QED) is 0.899. The Labute approximate surface area is 119 Å². The highest BCUT2D eigenvalue weighted by Crippen LogP contribution is 2.25. The van der Waals surface area contributed by atoms with E-state index in [-0.39, 0.29) is 0 Å². The van der Waals surface area contributed by atoms with E-state index in [2.05, 4.69) is 27.4 Å². The van der Waals surface area contributed by atoms with Crippen molar-refractivity contribution in [3.63, 3.8) is 0 Å². The maximum absolute atomic E-state index is 5.46. The summed E-state index contributed by atoms with van der Waals surface area (Å²) >= 11 is 0. The lowest BCUT2D eigenvalue weighted by Crippen LogP contribution is -2.28. The molecule has 0 saturated carbocycles. The van der Waals surface area contributed by atoms with Crippen molar-refractivity contribution in [1.29, 1.82) is 0 Å². The normalized spacial score (nSPS) is 18.9. The molecule has 3 rings (SSSR count). The van der Waals surface area contributed by atoms with E-state index in [9.17, 15) is 0 Å². The van der Waals surface area contributed by atoms with E-state index in [1.165, 1.54) is 12.8 Å². The topological polar surface area (TPSA) is 49.9 Å². The van der Waals surface area contributed by atoms with Crippen LogP contribution in [0, 0.1) is 0 Å². The van der Waals surface area contributed by atoms with Crippen molar-refractivity contribution in [1.82, 2.24) is 15.3 Å². The molecule has 2 heterocycles. The van der Waals surface area contributed by atoms with Gasteiger partial charge >= 0.3 is 0 Å². The first-order valence-electron chi connectivity index (χ1n) is 7.35. The second-order valence-electron chi connectivity index (χ2n) is 5.18. The van der Waals surface area contributed by atoms with Gasteiger partial charge in [0.2, 0.25) is 0 Å². The number of hydrogen-bond donors (Lipinski definition) is 2. The standard InChI is InChI=1S/C16H21N3O/c1-2-20-14-7-5-12(6-8-14)15-11-18-16(19-15)13-4-3-9-17-10-13/h5-8,11,13,17H,2-4,9-10H2,1H3,(H,18,19)/t13-/m0/s1. The Morgan fingerprint density at radius 1 is 1.30 bits per heavy atom. The molecule has 1 fully saturated rings. The first-order valence-corrected chi connectivity index (χ1v) is 7.35. The number of imidazole rings is 1. The summed E-state index contributed by atoms with van der Waals surface area (Å²) in [5.74, 6) is 2.52. The molecule has 0 aliphatic carbocycles. The Balaban J connectivity index is 1.75. The van der Waals surface area contributed by atoms with Gasteiger partial charge in [0.15, 0.2) is 0 Å². The van der Waals surface area contributed by atoms with E-state index in [0.29, 0.717) is 12.5 Å². The predicted octanol–water partition coefficient (Wildman–Crippen LogP) is 2.94. The summed E-state index contributed by atoms with van der Waals surface area (Å²) in [4.78, 5) is 8.01. The number of rotatable bonds is 4. The molecule has 106 valence electrons.